The van der Waals surface area contributed by atoms with Gasteiger partial charge in [0.2, 0.25) is 0 Å². The first-order valence-corrected chi connectivity index (χ1v) is 7.21. The Kier molecular flexibility index (Phi) is 6.65. The van der Waals surface area contributed by atoms with E-state index in [9.17, 15) is 0 Å². The van der Waals surface area contributed by atoms with Crippen molar-refractivity contribution in [2.24, 2.45) is 0 Å². The molecule has 1 heterocycles. The smallest absolute Gasteiger partial charge is 0.0221 e. The van der Waals surface area contributed by atoms with Gasteiger partial charge in [0.15, 0.2) is 0 Å². The number of hydrogen-bond donors (Lipinski definition) is 1. The van der Waals surface area contributed by atoms with Gasteiger partial charge in [-0.05, 0) is 38.6 Å². The van der Waals surface area contributed by atoms with Crippen molar-refractivity contribution >= 4 is 11.8 Å². The zero-order valence-corrected chi connectivity index (χ0v) is 10.4. The van der Waals surface area contributed by atoms with Crippen molar-refractivity contribution in [3.63, 3.8) is 0 Å². The Balaban J connectivity index is 2.14. The molecule has 0 saturated carbocycles. The normalized spacial score (nSPS) is 23.1. The SMILES string of the molecule is CCCNCC1CCCN1CCSC. The Morgan fingerprint density at radius 3 is 3.07 bits per heavy atom. The molecule has 0 spiro atoms. The third-order valence-electron chi connectivity index (χ3n) is 2.89. The van der Waals surface area contributed by atoms with Gasteiger partial charge in [0.25, 0.3) is 0 Å². The Bertz CT molecular complexity index is 141. The molecule has 1 fully saturated rings. The topological polar surface area (TPSA) is 15.3 Å². The molecule has 84 valence electrons. The highest BCUT2D eigenvalue weighted by molar-refractivity contribution is 7.98. The van der Waals surface area contributed by atoms with Crippen LogP contribution in [-0.2, 0) is 0 Å². The molecule has 0 radical (unpaired) electrons. The summed E-state index contributed by atoms with van der Waals surface area (Å²) in [4.78, 5) is 2.65. The molecule has 1 saturated heterocycles. The van der Waals surface area contributed by atoms with Crippen molar-refractivity contribution in [3.8, 4) is 0 Å². The van der Waals surface area contributed by atoms with Crippen LogP contribution < -0.4 is 5.32 Å². The zero-order chi connectivity index (χ0) is 10.2. The maximum Gasteiger partial charge on any atom is 0.0221 e. The van der Waals surface area contributed by atoms with E-state index in [0.717, 1.165) is 6.04 Å². The number of rotatable bonds is 7. The van der Waals surface area contributed by atoms with Gasteiger partial charge in [-0.1, -0.05) is 6.92 Å². The van der Waals surface area contributed by atoms with E-state index in [0.29, 0.717) is 0 Å². The highest BCUT2D eigenvalue weighted by atomic mass is 32.2. The number of nitrogens with zero attached hydrogens (tertiary/aromatic N) is 1. The first-order valence-electron chi connectivity index (χ1n) is 5.82. The Morgan fingerprint density at radius 2 is 2.36 bits per heavy atom. The van der Waals surface area contributed by atoms with Gasteiger partial charge in [-0.15, -0.1) is 0 Å². The van der Waals surface area contributed by atoms with Crippen molar-refractivity contribution in [1.82, 2.24) is 10.2 Å². The molecule has 3 heteroatoms. The minimum atomic E-state index is 0.814. The van der Waals surface area contributed by atoms with Crippen LogP contribution in [0.2, 0.25) is 0 Å². The van der Waals surface area contributed by atoms with Crippen LogP contribution in [0.1, 0.15) is 26.2 Å². The largest absolute Gasteiger partial charge is 0.315 e. The van der Waals surface area contributed by atoms with E-state index in [4.69, 9.17) is 0 Å². The van der Waals surface area contributed by atoms with Crippen molar-refractivity contribution in [2.45, 2.75) is 32.2 Å². The summed E-state index contributed by atoms with van der Waals surface area (Å²) in [5.41, 5.74) is 0. The van der Waals surface area contributed by atoms with Crippen LogP contribution in [-0.4, -0.2) is 49.1 Å². The van der Waals surface area contributed by atoms with Gasteiger partial charge in [0.1, 0.15) is 0 Å². The molecule has 0 aromatic rings. The monoisotopic (exact) mass is 216 g/mol. The van der Waals surface area contributed by atoms with Crippen LogP contribution in [0, 0.1) is 0 Å². The molecule has 0 bridgehead atoms. The van der Waals surface area contributed by atoms with Crippen molar-refractivity contribution in [1.29, 1.82) is 0 Å². The van der Waals surface area contributed by atoms with Crippen LogP contribution in [0.4, 0.5) is 0 Å². The lowest BCUT2D eigenvalue weighted by Gasteiger charge is -2.24. The van der Waals surface area contributed by atoms with Crippen LogP contribution in [0.5, 0.6) is 0 Å². The molecule has 0 amide bonds. The molecule has 1 atom stereocenters. The van der Waals surface area contributed by atoms with Gasteiger partial charge in [-0.25, -0.2) is 0 Å². The predicted molar refractivity (Wildman–Crippen MR) is 66.1 cm³/mol. The average molecular weight is 216 g/mol. The fraction of sp³-hybridized carbons (Fsp3) is 1.00. The first-order chi connectivity index (χ1) is 6.88. The summed E-state index contributed by atoms with van der Waals surface area (Å²) in [7, 11) is 0. The second-order valence-corrected chi connectivity index (χ2v) is 5.01. The number of hydrogen-bond acceptors (Lipinski definition) is 3. The summed E-state index contributed by atoms with van der Waals surface area (Å²) >= 11 is 1.96. The molecular weight excluding hydrogens is 192 g/mol. The second-order valence-electron chi connectivity index (χ2n) is 4.03. The Morgan fingerprint density at radius 1 is 1.50 bits per heavy atom. The minimum absolute atomic E-state index is 0.814. The van der Waals surface area contributed by atoms with Gasteiger partial charge in [-0.3, -0.25) is 4.90 Å². The van der Waals surface area contributed by atoms with Crippen molar-refractivity contribution in [2.75, 3.05) is 38.2 Å². The van der Waals surface area contributed by atoms with Crippen LogP contribution in [0.25, 0.3) is 0 Å². The highest BCUT2D eigenvalue weighted by Gasteiger charge is 2.22. The van der Waals surface area contributed by atoms with Crippen molar-refractivity contribution < 1.29 is 0 Å². The third-order valence-corrected chi connectivity index (χ3v) is 3.48. The molecule has 1 aliphatic heterocycles. The lowest BCUT2D eigenvalue weighted by Crippen LogP contribution is -2.39. The molecule has 2 nitrogen and oxygen atoms in total. The minimum Gasteiger partial charge on any atom is -0.315 e. The third kappa shape index (κ3) is 4.20. The van der Waals surface area contributed by atoms with E-state index in [-0.39, 0.29) is 0 Å². The summed E-state index contributed by atoms with van der Waals surface area (Å²) in [6.07, 6.45) is 6.23. The molecule has 1 N–H and O–H groups in total. The van der Waals surface area contributed by atoms with E-state index in [1.807, 2.05) is 11.8 Å². The van der Waals surface area contributed by atoms with Crippen LogP contribution in [0.3, 0.4) is 0 Å². The molecule has 14 heavy (non-hydrogen) atoms. The lowest BCUT2D eigenvalue weighted by atomic mass is 10.2. The summed E-state index contributed by atoms with van der Waals surface area (Å²) < 4.78 is 0. The van der Waals surface area contributed by atoms with Gasteiger partial charge in [0, 0.05) is 24.9 Å². The van der Waals surface area contributed by atoms with Crippen LogP contribution >= 0.6 is 11.8 Å². The highest BCUT2D eigenvalue weighted by Crippen LogP contribution is 2.16. The Labute approximate surface area is 92.8 Å². The van der Waals surface area contributed by atoms with E-state index in [1.165, 1.54) is 51.2 Å². The fourth-order valence-electron chi connectivity index (χ4n) is 2.07. The molecule has 0 aliphatic carbocycles. The summed E-state index contributed by atoms with van der Waals surface area (Å²) in [5, 5.41) is 3.53. The second kappa shape index (κ2) is 7.55. The van der Waals surface area contributed by atoms with Gasteiger partial charge < -0.3 is 5.32 Å². The standard InChI is InChI=1S/C11H24N2S/c1-3-6-12-10-11-5-4-7-13(11)8-9-14-2/h11-12H,3-10H2,1-2H3. The quantitative estimate of drug-likeness (QED) is 0.654. The average Bonchev–Trinajstić information content (AvgIpc) is 2.63. The Hall–Kier alpha value is 0.270. The predicted octanol–water partition coefficient (Wildman–Crippen LogP) is 1.81. The maximum absolute atomic E-state index is 3.53. The molecular formula is C11H24N2S. The molecule has 1 unspecified atom stereocenters. The first kappa shape index (κ1) is 12.3. The fourth-order valence-corrected chi connectivity index (χ4v) is 2.49. The maximum atomic E-state index is 3.53. The van der Waals surface area contributed by atoms with Gasteiger partial charge in [0.05, 0.1) is 0 Å². The van der Waals surface area contributed by atoms with E-state index in [2.05, 4.69) is 23.4 Å². The van der Waals surface area contributed by atoms with E-state index < -0.39 is 0 Å². The molecule has 1 aliphatic rings. The number of likely N-dealkylation sites (tertiary alicyclic amines) is 1. The number of nitrogens with one attached hydrogen (secondary N) is 1. The van der Waals surface area contributed by atoms with E-state index >= 15 is 0 Å². The molecule has 0 aromatic heterocycles. The van der Waals surface area contributed by atoms with Crippen molar-refractivity contribution in [3.05, 3.63) is 0 Å². The summed E-state index contributed by atoms with van der Waals surface area (Å²) in [6.45, 7) is 7.20. The molecule has 1 rings (SSSR count). The van der Waals surface area contributed by atoms with E-state index in [1.54, 1.807) is 0 Å². The number of thioether (sulfide) groups is 1. The zero-order valence-electron chi connectivity index (χ0n) is 9.59. The summed E-state index contributed by atoms with van der Waals surface area (Å²) in [6, 6.07) is 0.814. The van der Waals surface area contributed by atoms with Crippen LogP contribution in [0.15, 0.2) is 0 Å². The molecule has 0 aromatic carbocycles. The van der Waals surface area contributed by atoms with Gasteiger partial charge >= 0.3 is 0 Å². The summed E-state index contributed by atoms with van der Waals surface area (Å²) in [5.74, 6) is 1.28. The van der Waals surface area contributed by atoms with Gasteiger partial charge in [-0.2, -0.15) is 11.8 Å². The lowest BCUT2D eigenvalue weighted by molar-refractivity contribution is 0.262.